The predicted octanol–water partition coefficient (Wildman–Crippen LogP) is 16.5. The monoisotopic (exact) mass is 1410 g/mol. The molecular weight excluding hydrogens is 1340 g/mol. The van der Waals surface area contributed by atoms with Crippen molar-refractivity contribution in [1.82, 2.24) is 39.7 Å². The van der Waals surface area contributed by atoms with Gasteiger partial charge in [-0.05, 0) is 114 Å². The summed E-state index contributed by atoms with van der Waals surface area (Å²) in [4.78, 5) is 80.1. The lowest BCUT2D eigenvalue weighted by atomic mass is 10.1. The number of rotatable bonds is 9. The number of benzene rings is 6. The first-order valence-corrected chi connectivity index (χ1v) is 29.6. The van der Waals surface area contributed by atoms with E-state index >= 15 is 0 Å². The molecule has 2 amide bonds. The maximum Gasteiger partial charge on any atom is 0.411 e. The van der Waals surface area contributed by atoms with E-state index in [4.69, 9.17) is 50.2 Å². The molecule has 18 nitrogen and oxygen atoms in total. The van der Waals surface area contributed by atoms with Crippen molar-refractivity contribution in [2.24, 2.45) is 0 Å². The molecule has 4 atom stereocenters. The molecular formula is C66H70Br3ClN8O10. The predicted molar refractivity (Wildman–Crippen MR) is 354 cm³/mol. The number of aliphatic carboxylic acids is 1. The lowest BCUT2D eigenvalue weighted by molar-refractivity contribution is -0.145. The first-order chi connectivity index (χ1) is 40.5. The molecule has 6 aromatic carbocycles. The fourth-order valence-electron chi connectivity index (χ4n) is 9.30. The van der Waals surface area contributed by atoms with Crippen molar-refractivity contribution in [3.05, 3.63) is 164 Å². The molecule has 0 aliphatic carbocycles. The number of carboxylic acid groups (broad SMARTS) is 1. The van der Waals surface area contributed by atoms with Crippen molar-refractivity contribution in [2.75, 3.05) is 20.2 Å². The molecule has 2 fully saturated rings. The van der Waals surface area contributed by atoms with Gasteiger partial charge < -0.3 is 28.8 Å². The number of esters is 1. The summed E-state index contributed by atoms with van der Waals surface area (Å²) < 4.78 is 31.1. The van der Waals surface area contributed by atoms with Crippen molar-refractivity contribution >= 4 is 117 Å². The van der Waals surface area contributed by atoms with E-state index in [0.29, 0.717) is 44.7 Å². The quantitative estimate of drug-likeness (QED) is 0.105. The van der Waals surface area contributed by atoms with Gasteiger partial charge >= 0.3 is 24.1 Å². The maximum atomic E-state index is 12.8. The molecule has 88 heavy (non-hydrogen) atoms. The van der Waals surface area contributed by atoms with Gasteiger partial charge in [-0.3, -0.25) is 9.80 Å². The summed E-state index contributed by atoms with van der Waals surface area (Å²) in [5.74, 6) is -1.01. The first kappa shape index (κ1) is 69.3. The molecule has 11 rings (SSSR count). The highest BCUT2D eigenvalue weighted by molar-refractivity contribution is 9.11. The van der Waals surface area contributed by atoms with Gasteiger partial charge in [-0.25, -0.2) is 49.1 Å². The Kier molecular flexibility index (Phi) is 23.5. The molecule has 2 aliphatic rings. The Morgan fingerprint density at radius 3 is 1.17 bits per heavy atom. The van der Waals surface area contributed by atoms with Gasteiger partial charge in [0.25, 0.3) is 0 Å². The second-order valence-electron chi connectivity index (χ2n) is 21.7. The number of carbonyl (C=O) groups excluding carboxylic acids is 3. The summed E-state index contributed by atoms with van der Waals surface area (Å²) >= 11 is 16.6. The van der Waals surface area contributed by atoms with Crippen LogP contribution in [0, 0.1) is 0 Å². The van der Waals surface area contributed by atoms with E-state index in [2.05, 4.69) is 62.7 Å². The highest BCUT2D eigenvalue weighted by Crippen LogP contribution is 2.36. The van der Waals surface area contributed by atoms with Crippen LogP contribution < -0.4 is 9.47 Å². The number of halogens is 4. The van der Waals surface area contributed by atoms with E-state index in [1.54, 1.807) is 41.5 Å². The third-order valence-corrected chi connectivity index (χ3v) is 14.7. The van der Waals surface area contributed by atoms with Crippen LogP contribution in [0.15, 0.2) is 159 Å². The molecule has 0 saturated carbocycles. The van der Waals surface area contributed by atoms with Crippen LogP contribution >= 0.6 is 59.4 Å². The van der Waals surface area contributed by atoms with Crippen molar-refractivity contribution in [3.8, 4) is 45.5 Å². The van der Waals surface area contributed by atoms with Gasteiger partial charge in [-0.1, -0.05) is 154 Å². The number of nitrogens with zero attached hydrogens (tertiary/aromatic N) is 8. The third-order valence-electron chi connectivity index (χ3n) is 13.0. The minimum atomic E-state index is -1.11. The zero-order valence-electron chi connectivity index (χ0n) is 47.2. The Labute approximate surface area is 542 Å². The molecule has 0 radical (unpaired) electrons. The smallest absolute Gasteiger partial charge is 0.411 e. The van der Waals surface area contributed by atoms with E-state index in [0.717, 1.165) is 46.7 Å². The number of carbonyl (C=O) groups is 4. The Bertz CT molecular complexity index is 3960. The van der Waals surface area contributed by atoms with Crippen molar-refractivity contribution in [1.29, 1.82) is 0 Å². The fourth-order valence-corrected chi connectivity index (χ4v) is 10.7. The Morgan fingerprint density at radius 1 is 0.489 bits per heavy atom. The van der Waals surface area contributed by atoms with Crippen LogP contribution in [-0.4, -0.2) is 125 Å². The number of aromatic nitrogens is 6. The molecule has 3 aromatic heterocycles. The van der Waals surface area contributed by atoms with Gasteiger partial charge in [0.05, 0.1) is 53.3 Å². The average molecular weight is 1410 g/mol. The number of fused-ring (bicyclic) bond motifs is 3. The van der Waals surface area contributed by atoms with Gasteiger partial charge in [0.15, 0.2) is 5.15 Å². The van der Waals surface area contributed by atoms with Gasteiger partial charge in [0.2, 0.25) is 11.8 Å². The van der Waals surface area contributed by atoms with E-state index in [1.807, 2.05) is 146 Å². The van der Waals surface area contributed by atoms with Crippen molar-refractivity contribution in [2.45, 2.75) is 112 Å². The molecule has 0 spiro atoms. The lowest BCUT2D eigenvalue weighted by Gasteiger charge is -2.27. The van der Waals surface area contributed by atoms with Gasteiger partial charge in [0.1, 0.15) is 52.6 Å². The van der Waals surface area contributed by atoms with E-state index in [9.17, 15) is 24.3 Å². The van der Waals surface area contributed by atoms with Crippen LogP contribution in [0.25, 0.3) is 66.9 Å². The summed E-state index contributed by atoms with van der Waals surface area (Å²) in [5, 5.41) is 10.1. The largest absolute Gasteiger partial charge is 0.480 e. The second-order valence-corrected chi connectivity index (χ2v) is 24.8. The fraction of sp³-hybridized carbons (Fsp3) is 0.303. The number of para-hydroxylation sites is 6. The number of carboxylic acids is 1. The number of ether oxygens (including phenoxy) is 5. The molecule has 2 saturated heterocycles. The van der Waals surface area contributed by atoms with Gasteiger partial charge in [-0.2, -0.15) is 0 Å². The zero-order chi connectivity index (χ0) is 60.7. The first-order valence-electron chi connectivity index (χ1n) is 26.9. The normalized spacial score (nSPS) is 16.1. The number of hydrogen-bond acceptors (Lipinski definition) is 15. The van der Waals surface area contributed by atoms with E-state index in [1.165, 1.54) is 16.9 Å². The minimum Gasteiger partial charge on any atom is -0.480 e. The number of hydrogen-bond donors (Lipinski definition) is 1. The summed E-state index contributed by atoms with van der Waals surface area (Å²) in [6.45, 7) is 10.8. The Balaban J connectivity index is 0.000000216. The van der Waals surface area contributed by atoms with Crippen LogP contribution in [-0.2, 0) is 23.8 Å². The van der Waals surface area contributed by atoms with Crippen LogP contribution in [0.5, 0.6) is 11.8 Å². The third kappa shape index (κ3) is 17.5. The Hall–Kier alpha value is -7.85. The van der Waals surface area contributed by atoms with Gasteiger partial charge in [-0.15, -0.1) is 0 Å². The summed E-state index contributed by atoms with van der Waals surface area (Å²) in [7, 11) is 1.30. The van der Waals surface area contributed by atoms with Crippen LogP contribution in [0.1, 0.15) is 76.7 Å². The SMILES string of the molecule is C.C.C.CC(C)(C)OC(=O)N1C[C@H](Oc2nc3ccccc3nc2-c2cccc(Br)c2)C[C@H]1C(=O)O.COC(=O)[C@@H]1C[C@@H](Oc2nc3ccccc3nc2-c2cccc(Br)c2)CN1C(=O)OC(C)(C)C.Clc1nc2ccccc2nc1-c1cccc(Br)c1. The molecule has 5 heterocycles. The molecule has 22 heteroatoms. The van der Waals surface area contributed by atoms with Crippen LogP contribution in [0.3, 0.4) is 0 Å². The number of likely N-dealkylation sites (tertiary alicyclic amines) is 2. The summed E-state index contributed by atoms with van der Waals surface area (Å²) in [6, 6.07) is 44.0. The summed E-state index contributed by atoms with van der Waals surface area (Å²) in [5.41, 5.74) is 7.40. The maximum absolute atomic E-state index is 12.8. The van der Waals surface area contributed by atoms with E-state index in [-0.39, 0.29) is 54.1 Å². The molecule has 1 N–H and O–H groups in total. The highest BCUT2D eigenvalue weighted by atomic mass is 79.9. The minimum absolute atomic E-state index is 0. The number of methoxy groups -OCH3 is 1. The topological polar surface area (TPSA) is 218 Å². The molecule has 0 bridgehead atoms. The second kappa shape index (κ2) is 29.9. The van der Waals surface area contributed by atoms with Crippen LogP contribution in [0.2, 0.25) is 5.15 Å². The molecule has 9 aromatic rings. The molecule has 462 valence electrons. The number of amides is 2. The zero-order valence-corrected chi connectivity index (χ0v) is 52.7. The summed E-state index contributed by atoms with van der Waals surface area (Å²) in [6.07, 6.45) is -2.00. The van der Waals surface area contributed by atoms with Crippen molar-refractivity contribution < 1.29 is 48.0 Å². The van der Waals surface area contributed by atoms with Crippen LogP contribution in [0.4, 0.5) is 9.59 Å². The lowest BCUT2D eigenvalue weighted by Crippen LogP contribution is -2.44. The molecule has 2 aliphatic heterocycles. The standard InChI is InChI=1S/C25H26BrN3O5.C24H24BrN3O5.C14H8BrClN2.3CH4/c1-25(2,3)34-24(31)29-14-17(13-20(29)23(30)32-4)33-22-21(15-8-7-9-16(26)12-15)27-18-10-5-6-11-19(18)28-22;1-24(2,3)33-23(31)28-13-16(12-19(28)22(29)30)32-21-20(14-7-6-8-15(25)11-14)26-17-9-4-5-10-18(17)27-21;15-10-5-3-4-9(8-10)13-14(16)18-12-7-2-1-6-11(12)17-13;;;/h5-12,17,20H,13-14H2,1-4H3;4-11,16,19H,12-13H2,1-3H3,(H,29,30);1-8H;3*1H4/t17-,20+;16-,19+;;;;/m11..../s1. The Morgan fingerprint density at radius 2 is 0.818 bits per heavy atom. The average Bonchev–Trinajstić information content (AvgIpc) is 3.47. The van der Waals surface area contributed by atoms with Gasteiger partial charge in [0, 0.05) is 43.0 Å². The van der Waals surface area contributed by atoms with Crippen molar-refractivity contribution in [3.63, 3.8) is 0 Å². The van der Waals surface area contributed by atoms with E-state index < -0.39 is 59.6 Å². The highest BCUT2D eigenvalue weighted by Gasteiger charge is 2.45. The molecule has 0 unspecified atom stereocenters.